The van der Waals surface area contributed by atoms with Crippen molar-refractivity contribution in [2.45, 2.75) is 32.0 Å². The van der Waals surface area contributed by atoms with E-state index in [0.717, 1.165) is 18.6 Å². The van der Waals surface area contributed by atoms with Gasteiger partial charge in [0.15, 0.2) is 0 Å². The van der Waals surface area contributed by atoms with Crippen LogP contribution in [0, 0.1) is 0 Å². The maximum atomic E-state index is 12.2. The van der Waals surface area contributed by atoms with Crippen LogP contribution in [0.3, 0.4) is 0 Å². The quantitative estimate of drug-likeness (QED) is 0.911. The zero-order chi connectivity index (χ0) is 13.1. The monoisotopic (exact) mass is 276 g/mol. The number of carbonyl (C=O) groups excluding carboxylic acids is 1. The molecule has 1 N–H and O–H groups in total. The Morgan fingerprint density at radius 1 is 1.37 bits per heavy atom. The van der Waals surface area contributed by atoms with Crippen molar-refractivity contribution < 1.29 is 9.21 Å². The fourth-order valence-electron chi connectivity index (χ4n) is 1.87. The van der Waals surface area contributed by atoms with Gasteiger partial charge in [-0.1, -0.05) is 6.07 Å². The Morgan fingerprint density at radius 2 is 2.26 bits per heavy atom. The summed E-state index contributed by atoms with van der Waals surface area (Å²) >= 11 is 1.66. The van der Waals surface area contributed by atoms with E-state index >= 15 is 0 Å². The van der Waals surface area contributed by atoms with E-state index in [2.05, 4.69) is 5.32 Å². The van der Waals surface area contributed by atoms with Crippen LogP contribution in [-0.4, -0.2) is 17.0 Å². The van der Waals surface area contributed by atoms with E-state index in [9.17, 15) is 4.79 Å². The zero-order valence-electron chi connectivity index (χ0n) is 10.5. The van der Waals surface area contributed by atoms with E-state index in [-0.39, 0.29) is 6.03 Å². The summed E-state index contributed by atoms with van der Waals surface area (Å²) in [6.07, 6.45) is 3.83. The van der Waals surface area contributed by atoms with Crippen LogP contribution < -0.4 is 5.32 Å². The third-order valence-corrected chi connectivity index (χ3v) is 3.91. The third kappa shape index (κ3) is 3.38. The van der Waals surface area contributed by atoms with Crippen LogP contribution >= 0.6 is 11.3 Å². The fraction of sp³-hybridized carbons (Fsp3) is 0.357. The summed E-state index contributed by atoms with van der Waals surface area (Å²) in [5.74, 6) is 0.808. The van der Waals surface area contributed by atoms with Gasteiger partial charge in [0, 0.05) is 10.9 Å². The van der Waals surface area contributed by atoms with Crippen molar-refractivity contribution in [3.8, 4) is 0 Å². The molecule has 1 saturated carbocycles. The van der Waals surface area contributed by atoms with Gasteiger partial charge in [0.2, 0.25) is 0 Å². The lowest BCUT2D eigenvalue weighted by atomic mass is 10.3. The first-order valence-electron chi connectivity index (χ1n) is 6.41. The second-order valence-electron chi connectivity index (χ2n) is 4.74. The van der Waals surface area contributed by atoms with Crippen molar-refractivity contribution in [2.24, 2.45) is 0 Å². The highest BCUT2D eigenvalue weighted by atomic mass is 32.1. The zero-order valence-corrected chi connectivity index (χ0v) is 11.4. The molecule has 3 rings (SSSR count). The minimum Gasteiger partial charge on any atom is -0.467 e. The van der Waals surface area contributed by atoms with Gasteiger partial charge >= 0.3 is 6.03 Å². The molecule has 0 aromatic carbocycles. The lowest BCUT2D eigenvalue weighted by Crippen LogP contribution is -2.39. The van der Waals surface area contributed by atoms with Crippen LogP contribution in [0.25, 0.3) is 0 Å². The van der Waals surface area contributed by atoms with Crippen LogP contribution in [0.5, 0.6) is 0 Å². The number of hydrogen-bond donors (Lipinski definition) is 1. The molecule has 4 nitrogen and oxygen atoms in total. The number of furan rings is 1. The van der Waals surface area contributed by atoms with Gasteiger partial charge in [-0.15, -0.1) is 11.3 Å². The Bertz CT molecular complexity index is 481. The summed E-state index contributed by atoms with van der Waals surface area (Å²) < 4.78 is 5.34. The summed E-state index contributed by atoms with van der Waals surface area (Å²) in [4.78, 5) is 15.2. The molecule has 100 valence electrons. The molecule has 0 aliphatic heterocycles. The Labute approximate surface area is 116 Å². The van der Waals surface area contributed by atoms with Gasteiger partial charge in [0.1, 0.15) is 5.76 Å². The topological polar surface area (TPSA) is 45.5 Å². The van der Waals surface area contributed by atoms with E-state index in [4.69, 9.17) is 4.42 Å². The predicted octanol–water partition coefficient (Wildman–Crippen LogP) is 3.22. The molecule has 0 bridgehead atoms. The number of nitrogens with one attached hydrogen (secondary N) is 1. The first kappa shape index (κ1) is 12.3. The SMILES string of the molecule is O=C(NC1CC1)N(Cc1ccco1)Cc1cccs1. The molecule has 0 radical (unpaired) electrons. The van der Waals surface area contributed by atoms with Gasteiger partial charge in [-0.3, -0.25) is 0 Å². The molecular weight excluding hydrogens is 260 g/mol. The number of hydrogen-bond acceptors (Lipinski definition) is 3. The summed E-state index contributed by atoms with van der Waals surface area (Å²) in [6.45, 7) is 1.13. The first-order valence-corrected chi connectivity index (χ1v) is 7.29. The van der Waals surface area contributed by atoms with Gasteiger partial charge in [-0.25, -0.2) is 4.79 Å². The molecule has 1 aliphatic rings. The molecule has 2 heterocycles. The van der Waals surface area contributed by atoms with Gasteiger partial charge in [0.05, 0.1) is 19.4 Å². The van der Waals surface area contributed by atoms with Crippen LogP contribution in [0.2, 0.25) is 0 Å². The third-order valence-electron chi connectivity index (χ3n) is 3.05. The van der Waals surface area contributed by atoms with Crippen molar-refractivity contribution in [2.75, 3.05) is 0 Å². The molecule has 1 aliphatic carbocycles. The normalized spacial score (nSPS) is 14.3. The average Bonchev–Trinajstić information content (AvgIpc) is 2.90. The maximum absolute atomic E-state index is 12.2. The Hall–Kier alpha value is -1.75. The van der Waals surface area contributed by atoms with Crippen LogP contribution in [0.15, 0.2) is 40.3 Å². The molecule has 1 fully saturated rings. The van der Waals surface area contributed by atoms with Crippen molar-refractivity contribution in [3.63, 3.8) is 0 Å². The Kier molecular flexibility index (Phi) is 3.55. The Morgan fingerprint density at radius 3 is 2.89 bits per heavy atom. The number of nitrogens with zero attached hydrogens (tertiary/aromatic N) is 1. The maximum Gasteiger partial charge on any atom is 0.318 e. The second-order valence-corrected chi connectivity index (χ2v) is 5.77. The number of amides is 2. The molecule has 0 unspecified atom stereocenters. The Balaban J connectivity index is 1.68. The van der Waals surface area contributed by atoms with E-state index < -0.39 is 0 Å². The van der Waals surface area contributed by atoms with Crippen molar-refractivity contribution in [1.29, 1.82) is 0 Å². The molecule has 0 saturated heterocycles. The molecule has 5 heteroatoms. The lowest BCUT2D eigenvalue weighted by Gasteiger charge is -2.21. The second kappa shape index (κ2) is 5.48. The van der Waals surface area contributed by atoms with Gasteiger partial charge in [-0.2, -0.15) is 0 Å². The van der Waals surface area contributed by atoms with Gasteiger partial charge < -0.3 is 14.6 Å². The van der Waals surface area contributed by atoms with Crippen molar-refractivity contribution in [1.82, 2.24) is 10.2 Å². The molecule has 2 aromatic rings. The number of carbonyl (C=O) groups is 1. The molecule has 2 amide bonds. The highest BCUT2D eigenvalue weighted by Gasteiger charge is 2.26. The predicted molar refractivity (Wildman–Crippen MR) is 73.8 cm³/mol. The van der Waals surface area contributed by atoms with Crippen molar-refractivity contribution >= 4 is 17.4 Å². The number of urea groups is 1. The largest absolute Gasteiger partial charge is 0.467 e. The molecule has 19 heavy (non-hydrogen) atoms. The van der Waals surface area contributed by atoms with Crippen LogP contribution in [0.4, 0.5) is 4.79 Å². The minimum atomic E-state index is -0.00713. The van der Waals surface area contributed by atoms with Crippen LogP contribution in [-0.2, 0) is 13.1 Å². The van der Waals surface area contributed by atoms with E-state index in [1.807, 2.05) is 29.6 Å². The summed E-state index contributed by atoms with van der Waals surface area (Å²) in [6, 6.07) is 8.15. The summed E-state index contributed by atoms with van der Waals surface area (Å²) in [5, 5.41) is 5.06. The summed E-state index contributed by atoms with van der Waals surface area (Å²) in [7, 11) is 0. The highest BCUT2D eigenvalue weighted by Crippen LogP contribution is 2.20. The molecule has 0 atom stereocenters. The minimum absolute atomic E-state index is 0.00713. The molecule has 0 spiro atoms. The fourth-order valence-corrected chi connectivity index (χ4v) is 2.59. The average molecular weight is 276 g/mol. The summed E-state index contributed by atoms with van der Waals surface area (Å²) in [5.41, 5.74) is 0. The number of thiophene rings is 1. The van der Waals surface area contributed by atoms with Gasteiger partial charge in [-0.05, 0) is 36.4 Å². The van der Waals surface area contributed by atoms with Gasteiger partial charge in [0.25, 0.3) is 0 Å². The molecule has 2 aromatic heterocycles. The smallest absolute Gasteiger partial charge is 0.318 e. The molecular formula is C14H16N2O2S. The van der Waals surface area contributed by atoms with Crippen LogP contribution in [0.1, 0.15) is 23.5 Å². The standard InChI is InChI=1S/C14H16N2O2S/c17-14(15-11-5-6-11)16(9-12-3-1-7-18-12)10-13-4-2-8-19-13/h1-4,7-8,11H,5-6,9-10H2,(H,15,17). The van der Waals surface area contributed by atoms with E-state index in [1.165, 1.54) is 4.88 Å². The van der Waals surface area contributed by atoms with E-state index in [1.54, 1.807) is 22.5 Å². The number of rotatable bonds is 5. The van der Waals surface area contributed by atoms with E-state index in [0.29, 0.717) is 19.1 Å². The highest BCUT2D eigenvalue weighted by molar-refractivity contribution is 7.09. The first-order chi connectivity index (χ1) is 9.31. The lowest BCUT2D eigenvalue weighted by molar-refractivity contribution is 0.187. The van der Waals surface area contributed by atoms with Crippen molar-refractivity contribution in [3.05, 3.63) is 46.5 Å².